The van der Waals surface area contributed by atoms with Crippen LogP contribution >= 0.6 is 0 Å². The van der Waals surface area contributed by atoms with Gasteiger partial charge < -0.3 is 11.1 Å². The van der Waals surface area contributed by atoms with Crippen molar-refractivity contribution in [3.05, 3.63) is 30.1 Å². The van der Waals surface area contributed by atoms with Crippen LogP contribution in [0.4, 0.5) is 4.79 Å². The lowest BCUT2D eigenvalue weighted by Crippen LogP contribution is -2.47. The molecule has 1 heterocycles. The molecule has 0 saturated heterocycles. The van der Waals surface area contributed by atoms with Crippen LogP contribution in [0.25, 0.3) is 0 Å². The van der Waals surface area contributed by atoms with Crippen LogP contribution in [0.15, 0.2) is 24.4 Å². The molecule has 0 unspecified atom stereocenters. The van der Waals surface area contributed by atoms with Gasteiger partial charge >= 0.3 is 6.03 Å². The zero-order valence-electron chi connectivity index (χ0n) is 9.81. The van der Waals surface area contributed by atoms with Crippen molar-refractivity contribution in [2.75, 3.05) is 13.1 Å². The molecule has 0 spiro atoms. The molecule has 6 heteroatoms. The first kappa shape index (κ1) is 13.0. The highest BCUT2D eigenvalue weighted by Crippen LogP contribution is 1.98. The molecule has 0 fully saturated rings. The number of guanidine groups is 1. The lowest BCUT2D eigenvalue weighted by atomic mass is 10.2. The Morgan fingerprint density at radius 3 is 2.88 bits per heavy atom. The van der Waals surface area contributed by atoms with Crippen LogP contribution in [-0.2, 0) is 6.42 Å². The fourth-order valence-electron chi connectivity index (χ4n) is 1.35. The number of amides is 2. The molecule has 1 aromatic rings. The summed E-state index contributed by atoms with van der Waals surface area (Å²) in [6.07, 6.45) is 2.26. The van der Waals surface area contributed by atoms with Gasteiger partial charge in [-0.25, -0.2) is 4.79 Å². The maximum absolute atomic E-state index is 11.6. The summed E-state index contributed by atoms with van der Waals surface area (Å²) < 4.78 is 0. The Morgan fingerprint density at radius 2 is 2.35 bits per heavy atom. The fourth-order valence-corrected chi connectivity index (χ4v) is 1.35. The molecule has 6 nitrogen and oxygen atoms in total. The summed E-state index contributed by atoms with van der Waals surface area (Å²) in [5.74, 6) is -0.258. The van der Waals surface area contributed by atoms with E-state index in [-0.39, 0.29) is 12.0 Å². The van der Waals surface area contributed by atoms with E-state index in [0.717, 1.165) is 5.69 Å². The van der Waals surface area contributed by atoms with Gasteiger partial charge in [0, 0.05) is 31.4 Å². The summed E-state index contributed by atoms with van der Waals surface area (Å²) >= 11 is 0. The van der Waals surface area contributed by atoms with Crippen LogP contribution in [-0.4, -0.2) is 35.0 Å². The van der Waals surface area contributed by atoms with E-state index in [4.69, 9.17) is 11.1 Å². The Hall–Kier alpha value is -2.11. The molecule has 0 saturated carbocycles. The molecule has 2 amide bonds. The normalized spacial score (nSPS) is 9.71. The number of carbonyl (C=O) groups excluding carboxylic acids is 1. The smallest absolute Gasteiger partial charge is 0.324 e. The monoisotopic (exact) mass is 235 g/mol. The minimum absolute atomic E-state index is 0.258. The number of carbonyl (C=O) groups is 1. The minimum Gasteiger partial charge on any atom is -0.370 e. The van der Waals surface area contributed by atoms with E-state index >= 15 is 0 Å². The van der Waals surface area contributed by atoms with Crippen LogP contribution in [0.3, 0.4) is 0 Å². The van der Waals surface area contributed by atoms with Gasteiger partial charge in [-0.15, -0.1) is 0 Å². The average Bonchev–Trinajstić information content (AvgIpc) is 2.30. The number of aromatic nitrogens is 1. The maximum atomic E-state index is 11.6. The van der Waals surface area contributed by atoms with Crippen molar-refractivity contribution < 1.29 is 4.79 Å². The fraction of sp³-hybridized carbons (Fsp3) is 0.364. The standard InChI is InChI=1S/C11H17N5O/c1-2-14-11(17)16(10(12)13)8-6-9-5-3-4-7-15-9/h3-5,7H,2,6,8H2,1H3,(H3,12,13)(H,14,17). The SMILES string of the molecule is CCNC(=O)N(CCc1ccccn1)C(=N)N. The van der Waals surface area contributed by atoms with Gasteiger partial charge in [0.1, 0.15) is 0 Å². The third kappa shape index (κ3) is 4.10. The number of hydrogen-bond donors (Lipinski definition) is 3. The number of rotatable bonds is 4. The largest absolute Gasteiger partial charge is 0.370 e. The van der Waals surface area contributed by atoms with Crippen LogP contribution in [0, 0.1) is 5.41 Å². The Kier molecular flexibility index (Phi) is 4.93. The Labute approximate surface area is 100 Å². The van der Waals surface area contributed by atoms with Crippen molar-refractivity contribution >= 4 is 12.0 Å². The molecule has 4 N–H and O–H groups in total. The summed E-state index contributed by atoms with van der Waals surface area (Å²) in [7, 11) is 0. The second kappa shape index (κ2) is 6.47. The van der Waals surface area contributed by atoms with Crippen LogP contribution in [0.5, 0.6) is 0 Å². The zero-order chi connectivity index (χ0) is 12.7. The van der Waals surface area contributed by atoms with Crippen molar-refractivity contribution in [2.45, 2.75) is 13.3 Å². The summed E-state index contributed by atoms with van der Waals surface area (Å²) in [5.41, 5.74) is 6.22. The summed E-state index contributed by atoms with van der Waals surface area (Å²) in [6.45, 7) is 2.67. The molecule has 0 aliphatic heterocycles. The molecule has 0 aliphatic carbocycles. The highest BCUT2D eigenvalue weighted by Gasteiger charge is 2.15. The van der Waals surface area contributed by atoms with Gasteiger partial charge in [-0.2, -0.15) is 0 Å². The van der Waals surface area contributed by atoms with Crippen LogP contribution in [0.2, 0.25) is 0 Å². The quantitative estimate of drug-likeness (QED) is 0.525. The Balaban J connectivity index is 2.56. The van der Waals surface area contributed by atoms with E-state index in [9.17, 15) is 4.79 Å². The number of urea groups is 1. The average molecular weight is 235 g/mol. The second-order valence-corrected chi connectivity index (χ2v) is 3.44. The summed E-state index contributed by atoms with van der Waals surface area (Å²) in [6, 6.07) is 5.23. The molecule has 1 aromatic heterocycles. The van der Waals surface area contributed by atoms with Crippen LogP contribution < -0.4 is 11.1 Å². The molecular weight excluding hydrogens is 218 g/mol. The molecule has 17 heavy (non-hydrogen) atoms. The van der Waals surface area contributed by atoms with E-state index in [1.165, 1.54) is 4.90 Å². The maximum Gasteiger partial charge on any atom is 0.324 e. The van der Waals surface area contributed by atoms with Crippen LogP contribution in [0.1, 0.15) is 12.6 Å². The number of nitrogens with zero attached hydrogens (tertiary/aromatic N) is 2. The summed E-state index contributed by atoms with van der Waals surface area (Å²) in [4.78, 5) is 16.9. The van der Waals surface area contributed by atoms with Gasteiger partial charge in [0.25, 0.3) is 0 Å². The molecule has 0 bridgehead atoms. The second-order valence-electron chi connectivity index (χ2n) is 3.44. The van der Waals surface area contributed by atoms with E-state index in [1.807, 2.05) is 25.1 Å². The van der Waals surface area contributed by atoms with Crippen molar-refractivity contribution in [2.24, 2.45) is 5.73 Å². The van der Waals surface area contributed by atoms with E-state index in [0.29, 0.717) is 19.5 Å². The third-order valence-electron chi connectivity index (χ3n) is 2.18. The van der Waals surface area contributed by atoms with Gasteiger partial charge in [-0.3, -0.25) is 15.3 Å². The predicted molar refractivity (Wildman–Crippen MR) is 65.6 cm³/mol. The Bertz CT molecular complexity index is 379. The van der Waals surface area contributed by atoms with Gasteiger partial charge in [0.15, 0.2) is 5.96 Å². The van der Waals surface area contributed by atoms with E-state index in [2.05, 4.69) is 10.3 Å². The van der Waals surface area contributed by atoms with E-state index in [1.54, 1.807) is 6.20 Å². The molecule has 92 valence electrons. The highest BCUT2D eigenvalue weighted by atomic mass is 16.2. The first-order valence-electron chi connectivity index (χ1n) is 5.44. The molecular formula is C11H17N5O. The van der Waals surface area contributed by atoms with Crippen molar-refractivity contribution in [3.8, 4) is 0 Å². The predicted octanol–water partition coefficient (Wildman–Crippen LogP) is 0.549. The first-order chi connectivity index (χ1) is 8.15. The highest BCUT2D eigenvalue weighted by molar-refractivity contribution is 5.93. The van der Waals surface area contributed by atoms with E-state index < -0.39 is 0 Å². The van der Waals surface area contributed by atoms with Gasteiger partial charge in [0.05, 0.1) is 0 Å². The van der Waals surface area contributed by atoms with Crippen molar-refractivity contribution in [1.29, 1.82) is 5.41 Å². The zero-order valence-corrected chi connectivity index (χ0v) is 9.81. The lowest BCUT2D eigenvalue weighted by molar-refractivity contribution is 0.221. The topological polar surface area (TPSA) is 95.1 Å². The van der Waals surface area contributed by atoms with Gasteiger partial charge in [-0.05, 0) is 19.1 Å². The molecule has 0 radical (unpaired) electrons. The Morgan fingerprint density at radius 1 is 1.59 bits per heavy atom. The number of hydrogen-bond acceptors (Lipinski definition) is 3. The number of pyridine rings is 1. The number of nitrogens with two attached hydrogens (primary N) is 1. The van der Waals surface area contributed by atoms with Gasteiger partial charge in [-0.1, -0.05) is 6.07 Å². The first-order valence-corrected chi connectivity index (χ1v) is 5.44. The molecule has 0 atom stereocenters. The van der Waals surface area contributed by atoms with Crippen molar-refractivity contribution in [3.63, 3.8) is 0 Å². The minimum atomic E-state index is -0.351. The van der Waals surface area contributed by atoms with Gasteiger partial charge in [0.2, 0.25) is 0 Å². The summed E-state index contributed by atoms with van der Waals surface area (Å²) in [5, 5.41) is 9.96. The molecule has 0 aromatic carbocycles. The third-order valence-corrected chi connectivity index (χ3v) is 2.18. The molecule has 0 aliphatic rings. The number of nitrogens with one attached hydrogen (secondary N) is 2. The molecule has 1 rings (SSSR count). The van der Waals surface area contributed by atoms with Crippen molar-refractivity contribution in [1.82, 2.24) is 15.2 Å². The lowest BCUT2D eigenvalue weighted by Gasteiger charge is -2.20.